The molecule has 6 heteroatoms. The Hall–Kier alpha value is -3.41. The molecule has 0 aliphatic carbocycles. The molecule has 0 fully saturated rings. The number of unbranched alkanes of at least 4 members (excludes halogenated alkanes) is 33. The van der Waals surface area contributed by atoms with Gasteiger partial charge in [0, 0.05) is 19.3 Å². The lowest BCUT2D eigenvalue weighted by molar-refractivity contribution is -0.167. The summed E-state index contributed by atoms with van der Waals surface area (Å²) in [5.74, 6) is -0.878. The van der Waals surface area contributed by atoms with Gasteiger partial charge in [0.1, 0.15) is 13.2 Å². The molecule has 0 amide bonds. The molecule has 0 spiro atoms. The normalized spacial score (nSPS) is 12.6. The number of allylic oxidation sites excluding steroid dienone is 14. The smallest absolute Gasteiger partial charge is 0.306 e. The van der Waals surface area contributed by atoms with E-state index in [9.17, 15) is 14.4 Å². The van der Waals surface area contributed by atoms with E-state index in [0.717, 1.165) is 103 Å². The van der Waals surface area contributed by atoms with Crippen molar-refractivity contribution in [2.24, 2.45) is 0 Å². The predicted octanol–water partition coefficient (Wildman–Crippen LogP) is 21.9. The zero-order chi connectivity index (χ0) is 54.3. The Morgan fingerprint density at radius 2 is 0.520 bits per heavy atom. The number of rotatable bonds is 58. The highest BCUT2D eigenvalue weighted by molar-refractivity contribution is 5.71. The average Bonchev–Trinajstić information content (AvgIpc) is 3.41. The molecule has 75 heavy (non-hydrogen) atoms. The second kappa shape index (κ2) is 63.1. The lowest BCUT2D eigenvalue weighted by atomic mass is 10.1. The third-order valence-electron chi connectivity index (χ3n) is 13.9. The number of hydrogen-bond donors (Lipinski definition) is 0. The molecule has 432 valence electrons. The molecule has 0 aliphatic rings. The van der Waals surface area contributed by atoms with Gasteiger partial charge in [-0.2, -0.15) is 0 Å². The summed E-state index contributed by atoms with van der Waals surface area (Å²) in [4.78, 5) is 38.3. The second-order valence-electron chi connectivity index (χ2n) is 21.3. The zero-order valence-corrected chi connectivity index (χ0v) is 49.6. The first-order valence-electron chi connectivity index (χ1n) is 32.1. The summed E-state index contributed by atoms with van der Waals surface area (Å²) in [7, 11) is 0. The average molecular weight is 1050 g/mol. The maximum Gasteiger partial charge on any atom is 0.306 e. The van der Waals surface area contributed by atoms with Crippen molar-refractivity contribution in [3.63, 3.8) is 0 Å². The first kappa shape index (κ1) is 71.6. The van der Waals surface area contributed by atoms with Gasteiger partial charge in [0.2, 0.25) is 0 Å². The lowest BCUT2D eigenvalue weighted by Gasteiger charge is -2.18. The topological polar surface area (TPSA) is 78.9 Å². The van der Waals surface area contributed by atoms with Crippen LogP contribution in [0.5, 0.6) is 0 Å². The molecule has 0 saturated heterocycles. The molecule has 0 aromatic heterocycles. The molecule has 1 unspecified atom stereocenters. The maximum atomic E-state index is 12.9. The predicted molar refractivity (Wildman–Crippen MR) is 325 cm³/mol. The number of hydrogen-bond acceptors (Lipinski definition) is 6. The van der Waals surface area contributed by atoms with Crippen LogP contribution in [0.4, 0.5) is 0 Å². The number of ether oxygens (including phenoxy) is 3. The van der Waals surface area contributed by atoms with Crippen molar-refractivity contribution in [3.05, 3.63) is 85.1 Å². The second-order valence-corrected chi connectivity index (χ2v) is 21.3. The van der Waals surface area contributed by atoms with Crippen molar-refractivity contribution in [1.29, 1.82) is 0 Å². The van der Waals surface area contributed by atoms with Crippen LogP contribution < -0.4 is 0 Å². The molecule has 0 N–H and O–H groups in total. The minimum Gasteiger partial charge on any atom is -0.462 e. The summed E-state index contributed by atoms with van der Waals surface area (Å²) >= 11 is 0. The molecule has 0 heterocycles. The van der Waals surface area contributed by atoms with Crippen molar-refractivity contribution in [1.82, 2.24) is 0 Å². The molecular weight excluding hydrogens is 925 g/mol. The van der Waals surface area contributed by atoms with Crippen molar-refractivity contribution in [2.75, 3.05) is 13.2 Å². The highest BCUT2D eigenvalue weighted by Crippen LogP contribution is 2.16. The third-order valence-corrected chi connectivity index (χ3v) is 13.9. The minimum atomic E-state index is -0.782. The molecule has 6 nitrogen and oxygen atoms in total. The Kier molecular flexibility index (Phi) is 60.3. The Bertz CT molecular complexity index is 1430. The van der Waals surface area contributed by atoms with E-state index in [1.165, 1.54) is 173 Å². The number of carbonyl (C=O) groups excluding carboxylic acids is 3. The van der Waals surface area contributed by atoms with Crippen LogP contribution in [-0.4, -0.2) is 37.2 Å². The van der Waals surface area contributed by atoms with Crippen LogP contribution >= 0.6 is 0 Å². The van der Waals surface area contributed by atoms with Crippen molar-refractivity contribution < 1.29 is 28.6 Å². The van der Waals surface area contributed by atoms with E-state index < -0.39 is 6.10 Å². The third kappa shape index (κ3) is 61.3. The number of esters is 3. The fraction of sp³-hybridized carbons (Fsp3) is 0.754. The summed E-state index contributed by atoms with van der Waals surface area (Å²) in [6.07, 6.45) is 83.0. The van der Waals surface area contributed by atoms with Gasteiger partial charge >= 0.3 is 17.9 Å². The van der Waals surface area contributed by atoms with Gasteiger partial charge in [-0.05, 0) is 96.3 Å². The van der Waals surface area contributed by atoms with Crippen LogP contribution in [0.1, 0.15) is 316 Å². The fourth-order valence-electron chi connectivity index (χ4n) is 9.09. The largest absolute Gasteiger partial charge is 0.462 e. The molecule has 0 radical (unpaired) electrons. The Morgan fingerprint density at radius 3 is 0.813 bits per heavy atom. The Balaban J connectivity index is 4.30. The quantitative estimate of drug-likeness (QED) is 0.0261. The summed E-state index contributed by atoms with van der Waals surface area (Å²) in [6.45, 7) is 6.53. The van der Waals surface area contributed by atoms with E-state index in [1.54, 1.807) is 0 Å². The van der Waals surface area contributed by atoms with E-state index in [1.807, 2.05) is 0 Å². The summed E-state index contributed by atoms with van der Waals surface area (Å²) in [5, 5.41) is 0. The first-order chi connectivity index (χ1) is 37.0. The molecule has 0 saturated carbocycles. The zero-order valence-electron chi connectivity index (χ0n) is 49.6. The van der Waals surface area contributed by atoms with Gasteiger partial charge in [0.15, 0.2) is 6.10 Å². The van der Waals surface area contributed by atoms with Crippen molar-refractivity contribution in [2.45, 2.75) is 322 Å². The van der Waals surface area contributed by atoms with E-state index in [4.69, 9.17) is 14.2 Å². The highest BCUT2D eigenvalue weighted by Gasteiger charge is 2.19. The van der Waals surface area contributed by atoms with Gasteiger partial charge in [-0.25, -0.2) is 0 Å². The molecule has 0 rings (SSSR count). The molecule has 1 atom stereocenters. The van der Waals surface area contributed by atoms with Gasteiger partial charge in [-0.3, -0.25) is 14.4 Å². The standard InChI is InChI=1S/C69H120O6/c1-4-7-10-13-16-19-22-24-26-28-30-32-34-36-38-40-42-44-47-50-53-56-59-62-68(71)74-65-66(64-73-67(70)61-58-55-52-49-46-21-18-15-12-9-6-3)75-69(72)63-60-57-54-51-48-45-43-41-39-37-35-33-31-29-27-25-23-20-17-14-11-8-5-2/h7,10,16,19,23-26,29-32,35,37,66H,4-6,8-9,11-15,17-18,20-22,27-28,33-34,36,38-65H2,1-3H3/b10-7-,19-16-,25-23-,26-24-,31-29-,32-30-,37-35-. The molecule has 0 aliphatic heterocycles. The van der Waals surface area contributed by atoms with Crippen LogP contribution in [0.2, 0.25) is 0 Å². The van der Waals surface area contributed by atoms with Crippen molar-refractivity contribution in [3.8, 4) is 0 Å². The van der Waals surface area contributed by atoms with Gasteiger partial charge in [0.05, 0.1) is 0 Å². The van der Waals surface area contributed by atoms with Crippen LogP contribution in [0.15, 0.2) is 85.1 Å². The van der Waals surface area contributed by atoms with Crippen LogP contribution in [0.3, 0.4) is 0 Å². The molecular formula is C69H120O6. The molecule has 0 aromatic carbocycles. The van der Waals surface area contributed by atoms with Gasteiger partial charge < -0.3 is 14.2 Å². The van der Waals surface area contributed by atoms with Crippen LogP contribution in [-0.2, 0) is 28.6 Å². The van der Waals surface area contributed by atoms with Crippen molar-refractivity contribution >= 4 is 17.9 Å². The van der Waals surface area contributed by atoms with E-state index in [0.29, 0.717) is 19.3 Å². The van der Waals surface area contributed by atoms with E-state index in [2.05, 4.69) is 106 Å². The van der Waals surface area contributed by atoms with Gasteiger partial charge in [0.25, 0.3) is 0 Å². The van der Waals surface area contributed by atoms with Gasteiger partial charge in [-0.15, -0.1) is 0 Å². The Morgan fingerprint density at radius 1 is 0.280 bits per heavy atom. The SMILES string of the molecule is CC/C=C\C/C=C\C/C=C\C/C=C\CCCCCCCCCCCCC(=O)OCC(COC(=O)CCCCCCCCCCCCC)OC(=O)CCCCCCCCCC/C=C\C/C=C\C/C=C\CCCCCCC. The summed E-state index contributed by atoms with van der Waals surface area (Å²) in [5.41, 5.74) is 0. The monoisotopic (exact) mass is 1040 g/mol. The number of carbonyl (C=O) groups is 3. The first-order valence-corrected chi connectivity index (χ1v) is 32.1. The Labute approximate surface area is 465 Å². The molecule has 0 aromatic rings. The summed E-state index contributed by atoms with van der Waals surface area (Å²) in [6, 6.07) is 0. The van der Waals surface area contributed by atoms with Crippen LogP contribution in [0, 0.1) is 0 Å². The van der Waals surface area contributed by atoms with E-state index >= 15 is 0 Å². The summed E-state index contributed by atoms with van der Waals surface area (Å²) < 4.78 is 16.9. The lowest BCUT2D eigenvalue weighted by Crippen LogP contribution is -2.30. The van der Waals surface area contributed by atoms with Gasteiger partial charge in [-0.1, -0.05) is 286 Å². The minimum absolute atomic E-state index is 0.0781. The van der Waals surface area contributed by atoms with E-state index in [-0.39, 0.29) is 31.1 Å². The van der Waals surface area contributed by atoms with Crippen LogP contribution in [0.25, 0.3) is 0 Å². The highest BCUT2D eigenvalue weighted by atomic mass is 16.6. The fourth-order valence-corrected chi connectivity index (χ4v) is 9.09. The molecule has 0 bridgehead atoms. The maximum absolute atomic E-state index is 12.9.